The predicted molar refractivity (Wildman–Crippen MR) is 75.2 cm³/mol. The summed E-state index contributed by atoms with van der Waals surface area (Å²) < 4.78 is 11.1. The molecule has 0 aromatic heterocycles. The quantitative estimate of drug-likeness (QED) is 0.537. The Morgan fingerprint density at radius 2 is 2.00 bits per heavy atom. The van der Waals surface area contributed by atoms with Gasteiger partial charge in [0, 0.05) is 13.1 Å². The Hall–Kier alpha value is -1.74. The van der Waals surface area contributed by atoms with E-state index in [1.165, 1.54) is 0 Å². The summed E-state index contributed by atoms with van der Waals surface area (Å²) in [6.07, 6.45) is 3.56. The fourth-order valence-electron chi connectivity index (χ4n) is 1.52. The Kier molecular flexibility index (Phi) is 6.66. The smallest absolute Gasteiger partial charge is 0.161 e. The van der Waals surface area contributed by atoms with Gasteiger partial charge in [-0.1, -0.05) is 24.8 Å². The topological polar surface area (TPSA) is 30.5 Å². The van der Waals surface area contributed by atoms with Crippen LogP contribution in [0.1, 0.15) is 12.5 Å². The van der Waals surface area contributed by atoms with Crippen molar-refractivity contribution in [2.45, 2.75) is 13.5 Å². The monoisotopic (exact) mass is 247 g/mol. The molecule has 1 rings (SSSR count). The van der Waals surface area contributed by atoms with Crippen LogP contribution in [0.5, 0.6) is 11.5 Å². The van der Waals surface area contributed by atoms with E-state index in [2.05, 4.69) is 18.5 Å². The molecule has 0 saturated heterocycles. The number of benzene rings is 1. The van der Waals surface area contributed by atoms with E-state index in [9.17, 15) is 0 Å². The van der Waals surface area contributed by atoms with Gasteiger partial charge in [-0.15, -0.1) is 6.58 Å². The Labute approximate surface area is 109 Å². The van der Waals surface area contributed by atoms with Gasteiger partial charge in [-0.05, 0) is 24.6 Å². The predicted octanol–water partition coefficient (Wildman–Crippen LogP) is 2.93. The van der Waals surface area contributed by atoms with Crippen LogP contribution in [-0.4, -0.2) is 19.8 Å². The van der Waals surface area contributed by atoms with Crippen molar-refractivity contribution in [3.05, 3.63) is 49.1 Å². The molecule has 0 aliphatic heterocycles. The van der Waals surface area contributed by atoms with Crippen molar-refractivity contribution in [1.82, 2.24) is 5.32 Å². The van der Waals surface area contributed by atoms with E-state index in [-0.39, 0.29) is 0 Å². The van der Waals surface area contributed by atoms with Crippen LogP contribution >= 0.6 is 0 Å². The van der Waals surface area contributed by atoms with Gasteiger partial charge in [0.1, 0.15) is 6.61 Å². The van der Waals surface area contributed by atoms with Gasteiger partial charge in [0.05, 0.1) is 6.61 Å². The maximum absolute atomic E-state index is 5.57. The van der Waals surface area contributed by atoms with Crippen LogP contribution in [0.2, 0.25) is 0 Å². The standard InChI is InChI=1S/C15H21NO2/c1-4-9-16-12-13-7-8-14(18-10-5-2)15(11-13)17-6-3/h4-5,7-8,11,16H,1-2,6,9-10,12H2,3H3. The summed E-state index contributed by atoms with van der Waals surface area (Å²) in [5, 5.41) is 3.25. The highest BCUT2D eigenvalue weighted by Crippen LogP contribution is 2.28. The number of nitrogens with one attached hydrogen (secondary N) is 1. The fraction of sp³-hybridized carbons (Fsp3) is 0.333. The maximum atomic E-state index is 5.57. The van der Waals surface area contributed by atoms with E-state index in [1.54, 1.807) is 6.08 Å². The van der Waals surface area contributed by atoms with Crippen molar-refractivity contribution >= 4 is 0 Å². The normalized spacial score (nSPS) is 9.83. The summed E-state index contributed by atoms with van der Waals surface area (Å²) in [5.74, 6) is 1.53. The fourth-order valence-corrected chi connectivity index (χ4v) is 1.52. The molecule has 0 amide bonds. The van der Waals surface area contributed by atoms with Gasteiger partial charge < -0.3 is 14.8 Å². The molecular formula is C15H21NO2. The minimum Gasteiger partial charge on any atom is -0.490 e. The first-order valence-corrected chi connectivity index (χ1v) is 6.12. The summed E-state index contributed by atoms with van der Waals surface area (Å²) in [6, 6.07) is 5.95. The zero-order valence-electron chi connectivity index (χ0n) is 10.9. The van der Waals surface area contributed by atoms with Gasteiger partial charge in [0.25, 0.3) is 0 Å². The van der Waals surface area contributed by atoms with Gasteiger partial charge in [-0.25, -0.2) is 0 Å². The molecule has 0 spiro atoms. The first-order chi connectivity index (χ1) is 8.81. The summed E-state index contributed by atoms with van der Waals surface area (Å²) in [7, 11) is 0. The van der Waals surface area contributed by atoms with E-state index in [1.807, 2.05) is 31.2 Å². The average Bonchev–Trinajstić information content (AvgIpc) is 2.38. The van der Waals surface area contributed by atoms with E-state index in [0.29, 0.717) is 13.2 Å². The van der Waals surface area contributed by atoms with Crippen LogP contribution in [0.3, 0.4) is 0 Å². The van der Waals surface area contributed by atoms with Crippen LogP contribution in [0.15, 0.2) is 43.5 Å². The van der Waals surface area contributed by atoms with Crippen LogP contribution in [0.4, 0.5) is 0 Å². The molecule has 0 radical (unpaired) electrons. The molecule has 3 heteroatoms. The van der Waals surface area contributed by atoms with Crippen molar-refractivity contribution in [2.24, 2.45) is 0 Å². The molecule has 0 aliphatic rings. The number of rotatable bonds is 9. The molecule has 0 aliphatic carbocycles. The Morgan fingerprint density at radius 3 is 2.67 bits per heavy atom. The molecule has 0 atom stereocenters. The second-order valence-electron chi connectivity index (χ2n) is 3.73. The SMILES string of the molecule is C=CCNCc1ccc(OCC=C)c(OCC)c1. The Bertz CT molecular complexity index is 388. The molecule has 1 aromatic rings. The van der Waals surface area contributed by atoms with Crippen molar-refractivity contribution in [1.29, 1.82) is 0 Å². The average molecular weight is 247 g/mol. The minimum atomic E-state index is 0.480. The summed E-state index contributed by atoms with van der Waals surface area (Å²) in [6.45, 7) is 11.9. The lowest BCUT2D eigenvalue weighted by Gasteiger charge is -2.12. The van der Waals surface area contributed by atoms with E-state index in [0.717, 1.165) is 30.2 Å². The molecular weight excluding hydrogens is 226 g/mol. The highest BCUT2D eigenvalue weighted by atomic mass is 16.5. The number of hydrogen-bond donors (Lipinski definition) is 1. The van der Waals surface area contributed by atoms with Crippen LogP contribution in [-0.2, 0) is 6.54 Å². The Balaban J connectivity index is 2.74. The second kappa shape index (κ2) is 8.37. The lowest BCUT2D eigenvalue weighted by Crippen LogP contribution is -2.12. The zero-order chi connectivity index (χ0) is 13.2. The molecule has 0 saturated carbocycles. The molecule has 1 aromatic carbocycles. The highest BCUT2D eigenvalue weighted by molar-refractivity contribution is 5.43. The minimum absolute atomic E-state index is 0.480. The zero-order valence-corrected chi connectivity index (χ0v) is 10.9. The van der Waals surface area contributed by atoms with Gasteiger partial charge in [-0.2, -0.15) is 0 Å². The first-order valence-electron chi connectivity index (χ1n) is 6.12. The van der Waals surface area contributed by atoms with Crippen LogP contribution in [0.25, 0.3) is 0 Å². The van der Waals surface area contributed by atoms with Crippen LogP contribution in [0, 0.1) is 0 Å². The van der Waals surface area contributed by atoms with Gasteiger partial charge in [0.2, 0.25) is 0 Å². The van der Waals surface area contributed by atoms with Gasteiger partial charge in [0.15, 0.2) is 11.5 Å². The molecule has 1 N–H and O–H groups in total. The van der Waals surface area contributed by atoms with E-state index < -0.39 is 0 Å². The number of ether oxygens (including phenoxy) is 2. The van der Waals surface area contributed by atoms with Crippen molar-refractivity contribution in [3.8, 4) is 11.5 Å². The van der Waals surface area contributed by atoms with Crippen molar-refractivity contribution < 1.29 is 9.47 Å². The first kappa shape index (κ1) is 14.3. The molecule has 0 bridgehead atoms. The van der Waals surface area contributed by atoms with Crippen molar-refractivity contribution in [2.75, 3.05) is 19.8 Å². The second-order valence-corrected chi connectivity index (χ2v) is 3.73. The molecule has 0 heterocycles. The van der Waals surface area contributed by atoms with Gasteiger partial charge in [-0.3, -0.25) is 0 Å². The third-order valence-corrected chi connectivity index (χ3v) is 2.28. The highest BCUT2D eigenvalue weighted by Gasteiger charge is 2.05. The van der Waals surface area contributed by atoms with E-state index >= 15 is 0 Å². The Morgan fingerprint density at radius 1 is 1.17 bits per heavy atom. The molecule has 3 nitrogen and oxygen atoms in total. The largest absolute Gasteiger partial charge is 0.490 e. The van der Waals surface area contributed by atoms with Crippen LogP contribution < -0.4 is 14.8 Å². The third-order valence-electron chi connectivity index (χ3n) is 2.28. The maximum Gasteiger partial charge on any atom is 0.161 e. The lowest BCUT2D eigenvalue weighted by atomic mass is 10.2. The summed E-state index contributed by atoms with van der Waals surface area (Å²) in [5.41, 5.74) is 1.16. The molecule has 0 unspecified atom stereocenters. The molecule has 98 valence electrons. The summed E-state index contributed by atoms with van der Waals surface area (Å²) >= 11 is 0. The molecule has 0 fully saturated rings. The third kappa shape index (κ3) is 4.63. The lowest BCUT2D eigenvalue weighted by molar-refractivity contribution is 0.296. The van der Waals surface area contributed by atoms with Crippen molar-refractivity contribution in [3.63, 3.8) is 0 Å². The van der Waals surface area contributed by atoms with E-state index in [4.69, 9.17) is 9.47 Å². The summed E-state index contributed by atoms with van der Waals surface area (Å²) in [4.78, 5) is 0. The number of hydrogen-bond acceptors (Lipinski definition) is 3. The molecule has 18 heavy (non-hydrogen) atoms. The van der Waals surface area contributed by atoms with Gasteiger partial charge >= 0.3 is 0 Å².